The zero-order valence-electron chi connectivity index (χ0n) is 11.4. The number of piperidine rings is 1. The minimum atomic E-state index is -0.226. The Morgan fingerprint density at radius 3 is 2.43 bits per heavy atom. The summed E-state index contributed by atoms with van der Waals surface area (Å²) in [6.45, 7) is 0.705. The van der Waals surface area contributed by atoms with E-state index in [0.29, 0.717) is 16.6 Å². The van der Waals surface area contributed by atoms with Crippen LogP contribution in [0.1, 0.15) is 29.4 Å². The van der Waals surface area contributed by atoms with Gasteiger partial charge in [0.25, 0.3) is 0 Å². The molecule has 0 bridgehead atoms. The predicted molar refractivity (Wildman–Crippen MR) is 86.0 cm³/mol. The molecule has 0 radical (unpaired) electrons. The third-order valence-electron chi connectivity index (χ3n) is 3.97. The summed E-state index contributed by atoms with van der Waals surface area (Å²) in [6.07, 6.45) is 0.917. The number of hydrogen-bond donors (Lipinski definition) is 1. The topological polar surface area (TPSA) is 29.1 Å². The van der Waals surface area contributed by atoms with Crippen molar-refractivity contribution in [2.24, 2.45) is 0 Å². The van der Waals surface area contributed by atoms with Crippen molar-refractivity contribution in [3.8, 4) is 0 Å². The summed E-state index contributed by atoms with van der Waals surface area (Å²) in [5.41, 5.74) is 2.10. The predicted octanol–water partition coefficient (Wildman–Crippen LogP) is 4.38. The second kappa shape index (κ2) is 6.08. The monoisotopic (exact) mass is 319 g/mol. The fourth-order valence-corrected chi connectivity index (χ4v) is 3.27. The summed E-state index contributed by atoms with van der Waals surface area (Å²) in [6, 6.07) is 15.6. The molecule has 4 heteroatoms. The Morgan fingerprint density at radius 2 is 1.71 bits per heavy atom. The number of nitrogens with one attached hydrogen (secondary N) is 1. The van der Waals surface area contributed by atoms with Crippen molar-refractivity contribution < 1.29 is 4.79 Å². The van der Waals surface area contributed by atoms with Crippen LogP contribution >= 0.6 is 23.2 Å². The average molecular weight is 320 g/mol. The molecule has 2 nitrogen and oxygen atoms in total. The average Bonchev–Trinajstić information content (AvgIpc) is 2.51. The van der Waals surface area contributed by atoms with Crippen LogP contribution in [0, 0.1) is 0 Å². The summed E-state index contributed by atoms with van der Waals surface area (Å²) in [5, 5.41) is 3.94. The highest BCUT2D eigenvalue weighted by atomic mass is 35.5. The Morgan fingerprint density at radius 1 is 0.952 bits per heavy atom. The molecule has 108 valence electrons. The first kappa shape index (κ1) is 14.4. The molecule has 2 atom stereocenters. The Labute approximate surface area is 134 Å². The maximum Gasteiger partial charge on any atom is 0.228 e. The summed E-state index contributed by atoms with van der Waals surface area (Å²) in [5.74, 6) is -0.0124. The van der Waals surface area contributed by atoms with E-state index in [1.165, 1.54) is 5.56 Å². The molecule has 1 aliphatic rings. The lowest BCUT2D eigenvalue weighted by atomic mass is 9.77. The Balaban J connectivity index is 2.02. The molecule has 1 fully saturated rings. The molecule has 1 saturated heterocycles. The third kappa shape index (κ3) is 2.92. The van der Waals surface area contributed by atoms with Gasteiger partial charge in [-0.05, 0) is 29.7 Å². The molecule has 0 aliphatic carbocycles. The van der Waals surface area contributed by atoms with Gasteiger partial charge >= 0.3 is 0 Å². The first-order chi connectivity index (χ1) is 10.2. The van der Waals surface area contributed by atoms with Crippen LogP contribution in [0.3, 0.4) is 0 Å². The highest BCUT2D eigenvalue weighted by molar-refractivity contribution is 6.42. The summed E-state index contributed by atoms with van der Waals surface area (Å²) in [7, 11) is 0. The maximum absolute atomic E-state index is 12.4. The molecule has 21 heavy (non-hydrogen) atoms. The molecule has 0 unspecified atom stereocenters. The second-order valence-electron chi connectivity index (χ2n) is 5.25. The first-order valence-corrected chi connectivity index (χ1v) is 7.70. The third-order valence-corrected chi connectivity index (χ3v) is 4.71. The van der Waals surface area contributed by atoms with Gasteiger partial charge in [0.1, 0.15) is 0 Å². The minimum Gasteiger partial charge on any atom is -0.356 e. The molecule has 3 rings (SSSR count). The van der Waals surface area contributed by atoms with E-state index in [1.807, 2.05) is 24.3 Å². The van der Waals surface area contributed by atoms with Gasteiger partial charge in [0.15, 0.2) is 0 Å². The van der Waals surface area contributed by atoms with Crippen molar-refractivity contribution in [1.82, 2.24) is 5.32 Å². The SMILES string of the molecule is O=C1NCC[C@@H](c2ccccc2)[C@@H]1c1ccc(Cl)c(Cl)c1. The first-order valence-electron chi connectivity index (χ1n) is 6.94. The fraction of sp³-hybridized carbons (Fsp3) is 0.235. The van der Waals surface area contributed by atoms with E-state index >= 15 is 0 Å². The molecule has 1 aliphatic heterocycles. The van der Waals surface area contributed by atoms with Crippen LogP contribution in [0.5, 0.6) is 0 Å². The fourth-order valence-electron chi connectivity index (χ4n) is 2.96. The van der Waals surface area contributed by atoms with Gasteiger partial charge in [-0.25, -0.2) is 0 Å². The van der Waals surface area contributed by atoms with E-state index in [2.05, 4.69) is 17.4 Å². The molecule has 0 saturated carbocycles. The van der Waals surface area contributed by atoms with Crippen molar-refractivity contribution in [2.45, 2.75) is 18.3 Å². The van der Waals surface area contributed by atoms with Crippen molar-refractivity contribution in [3.05, 3.63) is 69.7 Å². The Kier molecular flexibility index (Phi) is 4.18. The number of carbonyl (C=O) groups excluding carboxylic acids is 1. The van der Waals surface area contributed by atoms with E-state index in [9.17, 15) is 4.79 Å². The van der Waals surface area contributed by atoms with E-state index in [1.54, 1.807) is 12.1 Å². The van der Waals surface area contributed by atoms with Crippen molar-refractivity contribution in [3.63, 3.8) is 0 Å². The number of benzene rings is 2. The van der Waals surface area contributed by atoms with Crippen LogP contribution in [0.2, 0.25) is 10.0 Å². The maximum atomic E-state index is 12.4. The number of amides is 1. The van der Waals surface area contributed by atoms with E-state index in [0.717, 1.165) is 12.0 Å². The highest BCUT2D eigenvalue weighted by Gasteiger charge is 2.34. The molecule has 1 heterocycles. The van der Waals surface area contributed by atoms with Gasteiger partial charge in [-0.15, -0.1) is 0 Å². The van der Waals surface area contributed by atoms with Crippen LogP contribution < -0.4 is 5.32 Å². The van der Waals surface area contributed by atoms with Gasteiger partial charge in [0.05, 0.1) is 16.0 Å². The van der Waals surface area contributed by atoms with Crippen LogP contribution in [0.4, 0.5) is 0 Å². The van der Waals surface area contributed by atoms with Crippen molar-refractivity contribution in [1.29, 1.82) is 0 Å². The van der Waals surface area contributed by atoms with Crippen LogP contribution in [0.15, 0.2) is 48.5 Å². The van der Waals surface area contributed by atoms with Crippen LogP contribution in [-0.4, -0.2) is 12.5 Å². The van der Waals surface area contributed by atoms with Crippen molar-refractivity contribution >= 4 is 29.1 Å². The highest BCUT2D eigenvalue weighted by Crippen LogP contribution is 2.39. The molecule has 2 aromatic rings. The molecule has 1 amide bonds. The quantitative estimate of drug-likeness (QED) is 0.874. The zero-order valence-corrected chi connectivity index (χ0v) is 12.9. The number of rotatable bonds is 2. The number of halogens is 2. The van der Waals surface area contributed by atoms with E-state index < -0.39 is 0 Å². The minimum absolute atomic E-state index is 0.0495. The normalized spacial score (nSPS) is 21.9. The Hall–Kier alpha value is -1.51. The summed E-state index contributed by atoms with van der Waals surface area (Å²) >= 11 is 12.1. The summed E-state index contributed by atoms with van der Waals surface area (Å²) in [4.78, 5) is 12.4. The Bertz CT molecular complexity index is 657. The molecule has 1 N–H and O–H groups in total. The van der Waals surface area contributed by atoms with Gasteiger partial charge in [-0.3, -0.25) is 4.79 Å². The van der Waals surface area contributed by atoms with Crippen LogP contribution in [-0.2, 0) is 4.79 Å². The van der Waals surface area contributed by atoms with E-state index in [-0.39, 0.29) is 17.7 Å². The molecule has 0 aromatic heterocycles. The lowest BCUT2D eigenvalue weighted by Crippen LogP contribution is -2.39. The molecular weight excluding hydrogens is 305 g/mol. The van der Waals surface area contributed by atoms with Gasteiger partial charge in [0, 0.05) is 12.5 Å². The van der Waals surface area contributed by atoms with E-state index in [4.69, 9.17) is 23.2 Å². The number of carbonyl (C=O) groups is 1. The molecule has 0 spiro atoms. The van der Waals surface area contributed by atoms with Crippen molar-refractivity contribution in [2.75, 3.05) is 6.54 Å². The standard InChI is InChI=1S/C17H15Cl2NO/c18-14-7-6-12(10-15(14)19)16-13(8-9-20-17(16)21)11-4-2-1-3-5-11/h1-7,10,13,16H,8-9H2,(H,20,21)/t13-,16-/m0/s1. The lowest BCUT2D eigenvalue weighted by molar-refractivity contribution is -0.124. The molecule has 2 aromatic carbocycles. The van der Waals surface area contributed by atoms with Gasteiger partial charge in [0.2, 0.25) is 5.91 Å². The van der Waals surface area contributed by atoms with Gasteiger partial charge in [-0.2, -0.15) is 0 Å². The largest absolute Gasteiger partial charge is 0.356 e. The number of hydrogen-bond acceptors (Lipinski definition) is 1. The summed E-state index contributed by atoms with van der Waals surface area (Å²) < 4.78 is 0. The molecular formula is C17H15Cl2NO. The van der Waals surface area contributed by atoms with Crippen LogP contribution in [0.25, 0.3) is 0 Å². The van der Waals surface area contributed by atoms with Gasteiger partial charge in [-0.1, -0.05) is 59.6 Å². The second-order valence-corrected chi connectivity index (χ2v) is 6.06. The smallest absolute Gasteiger partial charge is 0.228 e. The zero-order chi connectivity index (χ0) is 14.8. The van der Waals surface area contributed by atoms with Gasteiger partial charge < -0.3 is 5.32 Å². The lowest BCUT2D eigenvalue weighted by Gasteiger charge is -2.32.